The van der Waals surface area contributed by atoms with Gasteiger partial charge in [0.25, 0.3) is 11.7 Å². The van der Waals surface area contributed by atoms with Crippen molar-refractivity contribution in [1.82, 2.24) is 0 Å². The van der Waals surface area contributed by atoms with Crippen LogP contribution in [0.4, 0.5) is 5.69 Å². The lowest BCUT2D eigenvalue weighted by atomic mass is 10.1. The smallest absolute Gasteiger partial charge is 0.299 e. The quantitative estimate of drug-likeness (QED) is 0.664. The second-order valence-electron chi connectivity index (χ2n) is 3.18. The highest BCUT2D eigenvalue weighted by Gasteiger charge is 2.37. The van der Waals surface area contributed by atoms with E-state index in [4.69, 9.17) is 5.11 Å². The molecular weight excluding hydrogens is 198 g/mol. The van der Waals surface area contributed by atoms with E-state index in [2.05, 4.69) is 0 Å². The van der Waals surface area contributed by atoms with Gasteiger partial charge in [-0.1, -0.05) is 6.07 Å². The van der Waals surface area contributed by atoms with E-state index in [1.54, 1.807) is 0 Å². The number of ketones is 1. The number of benzene rings is 1. The Morgan fingerprint density at radius 2 is 2.00 bits per heavy atom. The first kappa shape index (κ1) is 9.67. The zero-order valence-electron chi connectivity index (χ0n) is 7.80. The van der Waals surface area contributed by atoms with Gasteiger partial charge in [0.1, 0.15) is 5.75 Å². The Morgan fingerprint density at radius 3 is 2.67 bits per heavy atom. The molecule has 2 N–H and O–H groups in total. The van der Waals surface area contributed by atoms with Gasteiger partial charge in [-0.25, -0.2) is 0 Å². The number of hydrogen-bond acceptors (Lipinski definition) is 4. The zero-order valence-corrected chi connectivity index (χ0v) is 7.80. The maximum Gasteiger partial charge on any atom is 0.299 e. The summed E-state index contributed by atoms with van der Waals surface area (Å²) in [6.07, 6.45) is 0. The largest absolute Gasteiger partial charge is 0.506 e. The van der Waals surface area contributed by atoms with Gasteiger partial charge in [-0.05, 0) is 12.1 Å². The normalized spacial score (nSPS) is 14.6. The van der Waals surface area contributed by atoms with E-state index in [9.17, 15) is 14.7 Å². The fourth-order valence-electron chi connectivity index (χ4n) is 1.65. The monoisotopic (exact) mass is 207 g/mol. The highest BCUT2D eigenvalue weighted by molar-refractivity contribution is 6.52. The van der Waals surface area contributed by atoms with Crippen LogP contribution >= 0.6 is 0 Å². The molecule has 78 valence electrons. The van der Waals surface area contributed by atoms with Crippen LogP contribution in [0, 0.1) is 0 Å². The molecule has 0 spiro atoms. The Hall–Kier alpha value is -1.88. The number of aliphatic hydroxyl groups is 1. The number of phenols is 1. The summed E-state index contributed by atoms with van der Waals surface area (Å²) in [7, 11) is 0. The van der Waals surface area contributed by atoms with Gasteiger partial charge in [-0.15, -0.1) is 0 Å². The molecule has 5 nitrogen and oxygen atoms in total. The highest BCUT2D eigenvalue weighted by Crippen LogP contribution is 2.36. The SMILES string of the molecule is O=C1C(=O)N(CCO)c2c(O)cccc21. The van der Waals surface area contributed by atoms with Gasteiger partial charge in [0.2, 0.25) is 0 Å². The molecule has 15 heavy (non-hydrogen) atoms. The van der Waals surface area contributed by atoms with Crippen molar-refractivity contribution in [2.24, 2.45) is 0 Å². The number of para-hydroxylation sites is 1. The van der Waals surface area contributed by atoms with Crippen molar-refractivity contribution in [2.45, 2.75) is 0 Å². The number of β-amino-alcohol motifs (C(OH)–C–C–N with tert-alkyl or cyclic N) is 1. The highest BCUT2D eigenvalue weighted by atomic mass is 16.3. The summed E-state index contributed by atoms with van der Waals surface area (Å²) in [6.45, 7) is -0.248. The van der Waals surface area contributed by atoms with E-state index >= 15 is 0 Å². The number of carbonyl (C=O) groups excluding carboxylic acids is 2. The van der Waals surface area contributed by atoms with E-state index in [0.29, 0.717) is 0 Å². The Bertz CT molecular complexity index is 441. The van der Waals surface area contributed by atoms with Crippen LogP contribution in [0.25, 0.3) is 0 Å². The lowest BCUT2D eigenvalue weighted by Crippen LogP contribution is -2.32. The third-order valence-corrected chi connectivity index (χ3v) is 2.29. The molecule has 0 radical (unpaired) electrons. The minimum Gasteiger partial charge on any atom is -0.506 e. The van der Waals surface area contributed by atoms with Crippen LogP contribution in [0.2, 0.25) is 0 Å². The maximum atomic E-state index is 11.5. The molecular formula is C10H9NO4. The predicted molar refractivity (Wildman–Crippen MR) is 51.9 cm³/mol. The minimum absolute atomic E-state index is 0.00907. The van der Waals surface area contributed by atoms with Gasteiger partial charge in [0.15, 0.2) is 0 Å². The van der Waals surface area contributed by atoms with Crippen LogP contribution in [0.15, 0.2) is 18.2 Å². The molecule has 1 amide bonds. The van der Waals surface area contributed by atoms with Crippen molar-refractivity contribution in [3.8, 4) is 5.75 Å². The van der Waals surface area contributed by atoms with Gasteiger partial charge >= 0.3 is 0 Å². The summed E-state index contributed by atoms with van der Waals surface area (Å²) >= 11 is 0. The van der Waals surface area contributed by atoms with Crippen molar-refractivity contribution in [3.63, 3.8) is 0 Å². The van der Waals surface area contributed by atoms with Crippen LogP contribution in [0.5, 0.6) is 5.75 Å². The minimum atomic E-state index is -0.708. The number of Topliss-reactive ketones (excluding diaryl/α,β-unsaturated/α-hetero) is 1. The summed E-state index contributed by atoms with van der Waals surface area (Å²) < 4.78 is 0. The van der Waals surface area contributed by atoms with Crippen LogP contribution in [0.3, 0.4) is 0 Å². The molecule has 0 saturated heterocycles. The van der Waals surface area contributed by atoms with Gasteiger partial charge in [0, 0.05) is 6.54 Å². The van der Waals surface area contributed by atoms with Crippen molar-refractivity contribution >= 4 is 17.4 Å². The lowest BCUT2D eigenvalue weighted by molar-refractivity contribution is -0.114. The van der Waals surface area contributed by atoms with Crippen molar-refractivity contribution < 1.29 is 19.8 Å². The number of aliphatic hydroxyl groups excluding tert-OH is 1. The molecule has 1 aromatic carbocycles. The molecule has 2 rings (SSSR count). The van der Waals surface area contributed by atoms with E-state index in [1.807, 2.05) is 0 Å². The van der Waals surface area contributed by atoms with Crippen LogP contribution in [0.1, 0.15) is 10.4 Å². The number of hydrogen-bond donors (Lipinski definition) is 2. The number of phenolic OH excluding ortho intramolecular Hbond substituents is 1. The first-order chi connectivity index (χ1) is 7.16. The first-order valence-corrected chi connectivity index (χ1v) is 4.46. The number of fused-ring (bicyclic) bond motifs is 1. The molecule has 1 aromatic rings. The van der Waals surface area contributed by atoms with Gasteiger partial charge in [0.05, 0.1) is 17.9 Å². The topological polar surface area (TPSA) is 77.8 Å². The summed E-state index contributed by atoms with van der Waals surface area (Å²) in [6, 6.07) is 4.38. The summed E-state index contributed by atoms with van der Waals surface area (Å²) in [4.78, 5) is 24.0. The molecule has 0 unspecified atom stereocenters. The second kappa shape index (κ2) is 3.36. The number of anilines is 1. The molecule has 0 aromatic heterocycles. The molecule has 0 fully saturated rings. The van der Waals surface area contributed by atoms with Crippen molar-refractivity contribution in [2.75, 3.05) is 18.1 Å². The average molecular weight is 207 g/mol. The van der Waals surface area contributed by atoms with Crippen LogP contribution in [-0.4, -0.2) is 35.1 Å². The summed E-state index contributed by atoms with van der Waals surface area (Å²) in [5, 5.41) is 18.3. The molecule has 1 aliphatic heterocycles. The number of rotatable bonds is 2. The fraction of sp³-hybridized carbons (Fsp3) is 0.200. The Morgan fingerprint density at radius 1 is 1.27 bits per heavy atom. The molecule has 0 bridgehead atoms. The van der Waals surface area contributed by atoms with Crippen LogP contribution in [-0.2, 0) is 4.79 Å². The molecule has 1 heterocycles. The lowest BCUT2D eigenvalue weighted by Gasteiger charge is -2.15. The zero-order chi connectivity index (χ0) is 11.0. The standard InChI is InChI=1S/C10H9NO4/c12-5-4-11-8-6(9(14)10(11)15)2-1-3-7(8)13/h1-3,12-13H,4-5H2. The maximum absolute atomic E-state index is 11.5. The second-order valence-corrected chi connectivity index (χ2v) is 3.18. The Kier molecular flexibility index (Phi) is 2.17. The number of amides is 1. The van der Waals surface area contributed by atoms with Gasteiger partial charge in [-0.3, -0.25) is 14.5 Å². The Balaban J connectivity index is 2.56. The van der Waals surface area contributed by atoms with Gasteiger partial charge in [-0.2, -0.15) is 0 Å². The fourth-order valence-corrected chi connectivity index (χ4v) is 1.65. The summed E-state index contributed by atoms with van der Waals surface area (Å²) in [5.74, 6) is -1.48. The summed E-state index contributed by atoms with van der Waals surface area (Å²) in [5.41, 5.74) is 0.384. The van der Waals surface area contributed by atoms with E-state index in [0.717, 1.165) is 4.90 Å². The number of aromatic hydroxyl groups is 1. The number of carbonyl (C=O) groups is 2. The van der Waals surface area contributed by atoms with Crippen molar-refractivity contribution in [3.05, 3.63) is 23.8 Å². The molecule has 5 heteroatoms. The van der Waals surface area contributed by atoms with E-state index in [-0.39, 0.29) is 30.2 Å². The third-order valence-electron chi connectivity index (χ3n) is 2.29. The van der Waals surface area contributed by atoms with Crippen LogP contribution < -0.4 is 4.90 Å². The molecule has 0 aliphatic carbocycles. The third kappa shape index (κ3) is 1.28. The molecule has 1 aliphatic rings. The average Bonchev–Trinajstić information content (AvgIpc) is 2.46. The predicted octanol–water partition coefficient (Wildman–Crippen LogP) is -0.0862. The molecule has 0 atom stereocenters. The van der Waals surface area contributed by atoms with Crippen molar-refractivity contribution in [1.29, 1.82) is 0 Å². The molecule has 0 saturated carbocycles. The number of nitrogens with zero attached hydrogens (tertiary/aromatic N) is 1. The Labute approximate surface area is 85.6 Å². The van der Waals surface area contributed by atoms with Gasteiger partial charge < -0.3 is 10.2 Å². The van der Waals surface area contributed by atoms with E-state index in [1.165, 1.54) is 18.2 Å². The first-order valence-electron chi connectivity index (χ1n) is 4.46. The van der Waals surface area contributed by atoms with E-state index < -0.39 is 11.7 Å².